The molecule has 21 heavy (non-hydrogen) atoms. The van der Waals surface area contributed by atoms with Crippen molar-refractivity contribution in [1.82, 2.24) is 0 Å². The Labute approximate surface area is 136 Å². The van der Waals surface area contributed by atoms with E-state index >= 15 is 0 Å². The van der Waals surface area contributed by atoms with E-state index in [1.807, 2.05) is 0 Å². The first-order valence-corrected chi connectivity index (χ1v) is 7.63. The lowest BCUT2D eigenvalue weighted by Crippen LogP contribution is -2.11. The molecule has 0 saturated carbocycles. The summed E-state index contributed by atoms with van der Waals surface area (Å²) in [7, 11) is 0. The molecule has 2 N–H and O–H groups in total. The van der Waals surface area contributed by atoms with Crippen LogP contribution in [0.4, 0.5) is 5.69 Å². The number of benzene rings is 1. The van der Waals surface area contributed by atoms with Gasteiger partial charge in [0, 0.05) is 17.0 Å². The molecule has 1 amide bonds. The number of thiophene rings is 1. The summed E-state index contributed by atoms with van der Waals surface area (Å²) in [4.78, 5) is 12.6. The van der Waals surface area contributed by atoms with Crippen molar-refractivity contribution in [1.29, 1.82) is 0 Å². The van der Waals surface area contributed by atoms with Crippen LogP contribution in [0.2, 0.25) is 9.36 Å². The number of anilines is 1. The minimum atomic E-state index is -0.264. The molecule has 0 aliphatic carbocycles. The Morgan fingerprint density at radius 3 is 2.76 bits per heavy atom. The highest BCUT2D eigenvalue weighted by atomic mass is 35.5. The summed E-state index contributed by atoms with van der Waals surface area (Å²) in [5, 5.41) is 12.0. The summed E-state index contributed by atoms with van der Waals surface area (Å²) < 4.78 is 0.550. The highest BCUT2D eigenvalue weighted by Crippen LogP contribution is 2.25. The average molecular weight is 340 g/mol. The van der Waals surface area contributed by atoms with Crippen LogP contribution in [0.25, 0.3) is 0 Å². The molecular formula is C15H11Cl2NO2S. The van der Waals surface area contributed by atoms with E-state index in [1.54, 1.807) is 30.3 Å². The fraction of sp³-hybridized carbons (Fsp3) is 0.133. The van der Waals surface area contributed by atoms with E-state index in [0.717, 1.165) is 0 Å². The van der Waals surface area contributed by atoms with Crippen LogP contribution in [0.1, 0.15) is 21.7 Å². The Morgan fingerprint density at radius 2 is 2.10 bits per heavy atom. The molecule has 3 nitrogen and oxygen atoms in total. The van der Waals surface area contributed by atoms with Gasteiger partial charge in [-0.25, -0.2) is 0 Å². The summed E-state index contributed by atoms with van der Waals surface area (Å²) >= 11 is 13.0. The number of aliphatic hydroxyl groups is 1. The van der Waals surface area contributed by atoms with Gasteiger partial charge in [-0.15, -0.1) is 11.3 Å². The average Bonchev–Trinajstić information content (AvgIpc) is 2.88. The maximum absolute atomic E-state index is 12.1. The molecule has 0 bridgehead atoms. The fourth-order valence-corrected chi connectivity index (χ4v) is 2.67. The van der Waals surface area contributed by atoms with Gasteiger partial charge >= 0.3 is 0 Å². The predicted octanol–water partition coefficient (Wildman–Crippen LogP) is 4.04. The van der Waals surface area contributed by atoms with Crippen molar-refractivity contribution in [2.24, 2.45) is 0 Å². The number of hydrogen-bond acceptors (Lipinski definition) is 3. The molecule has 2 aromatic rings. The largest absolute Gasteiger partial charge is 0.395 e. The van der Waals surface area contributed by atoms with Crippen LogP contribution in [0.5, 0.6) is 0 Å². The van der Waals surface area contributed by atoms with E-state index in [-0.39, 0.29) is 12.5 Å². The van der Waals surface area contributed by atoms with E-state index in [2.05, 4.69) is 17.2 Å². The number of carbonyl (C=O) groups excluding carboxylic acids is 1. The number of halogens is 2. The van der Waals surface area contributed by atoms with E-state index in [9.17, 15) is 4.79 Å². The number of rotatable bonds is 3. The standard InChI is InChI=1S/C15H11Cl2NO2S/c16-11-5-4-10(3-1-2-8-19)12(9-11)18-15(20)13-6-7-14(17)21-13/h4-7,9,19H,2,8H2,(H,18,20). The Morgan fingerprint density at radius 1 is 1.29 bits per heavy atom. The predicted molar refractivity (Wildman–Crippen MR) is 87.3 cm³/mol. The summed E-state index contributed by atoms with van der Waals surface area (Å²) in [6.07, 6.45) is 0.372. The first-order valence-electron chi connectivity index (χ1n) is 6.06. The van der Waals surface area contributed by atoms with E-state index in [1.165, 1.54) is 11.3 Å². The van der Waals surface area contributed by atoms with E-state index in [0.29, 0.717) is 31.9 Å². The van der Waals surface area contributed by atoms with Crippen molar-refractivity contribution >= 4 is 46.1 Å². The van der Waals surface area contributed by atoms with Crippen LogP contribution in [0, 0.1) is 11.8 Å². The third kappa shape index (κ3) is 4.48. The van der Waals surface area contributed by atoms with Gasteiger partial charge in [0.2, 0.25) is 0 Å². The molecule has 0 spiro atoms. The minimum absolute atomic E-state index is 0.00399. The lowest BCUT2D eigenvalue weighted by atomic mass is 10.1. The van der Waals surface area contributed by atoms with Crippen molar-refractivity contribution in [3.63, 3.8) is 0 Å². The second-order valence-electron chi connectivity index (χ2n) is 4.02. The Bertz CT molecular complexity index is 716. The molecule has 0 unspecified atom stereocenters. The second-order valence-corrected chi connectivity index (χ2v) is 6.17. The molecule has 108 valence electrons. The van der Waals surface area contributed by atoms with Crippen LogP contribution < -0.4 is 5.32 Å². The van der Waals surface area contributed by atoms with Gasteiger partial charge in [-0.3, -0.25) is 4.79 Å². The van der Waals surface area contributed by atoms with Crippen LogP contribution in [0.3, 0.4) is 0 Å². The van der Waals surface area contributed by atoms with Crippen LogP contribution in [0.15, 0.2) is 30.3 Å². The van der Waals surface area contributed by atoms with E-state index < -0.39 is 0 Å². The fourth-order valence-electron chi connectivity index (χ4n) is 1.56. The maximum Gasteiger partial charge on any atom is 0.265 e. The quantitative estimate of drug-likeness (QED) is 0.829. The first kappa shape index (κ1) is 15.9. The number of carbonyl (C=O) groups is 1. The molecular weight excluding hydrogens is 329 g/mol. The molecule has 1 aromatic heterocycles. The number of amides is 1. The summed E-state index contributed by atoms with van der Waals surface area (Å²) in [5.74, 6) is 5.45. The van der Waals surface area contributed by atoms with Crippen LogP contribution >= 0.6 is 34.5 Å². The summed E-state index contributed by atoms with van der Waals surface area (Å²) in [6, 6.07) is 8.38. The second kappa shape index (κ2) is 7.48. The summed E-state index contributed by atoms with van der Waals surface area (Å²) in [6.45, 7) is -0.00399. The van der Waals surface area contributed by atoms with Gasteiger partial charge in [-0.05, 0) is 30.3 Å². The van der Waals surface area contributed by atoms with Crippen molar-refractivity contribution in [2.75, 3.05) is 11.9 Å². The zero-order valence-corrected chi connectivity index (χ0v) is 13.1. The van der Waals surface area contributed by atoms with Crippen molar-refractivity contribution in [3.8, 4) is 11.8 Å². The Hall–Kier alpha value is -1.51. The van der Waals surface area contributed by atoms with Crippen molar-refractivity contribution < 1.29 is 9.90 Å². The van der Waals surface area contributed by atoms with Crippen LogP contribution in [-0.2, 0) is 0 Å². The topological polar surface area (TPSA) is 49.3 Å². The lowest BCUT2D eigenvalue weighted by Gasteiger charge is -2.07. The monoisotopic (exact) mass is 339 g/mol. The lowest BCUT2D eigenvalue weighted by molar-refractivity contribution is 0.103. The van der Waals surface area contributed by atoms with E-state index in [4.69, 9.17) is 28.3 Å². The first-order chi connectivity index (χ1) is 10.1. The van der Waals surface area contributed by atoms with Crippen molar-refractivity contribution in [2.45, 2.75) is 6.42 Å². The highest BCUT2D eigenvalue weighted by Gasteiger charge is 2.11. The molecule has 0 radical (unpaired) electrons. The zero-order chi connectivity index (χ0) is 15.2. The third-order valence-corrected chi connectivity index (χ3v) is 3.95. The number of aliphatic hydroxyl groups excluding tert-OH is 1. The van der Waals surface area contributed by atoms with Gasteiger partial charge in [-0.1, -0.05) is 35.0 Å². The molecule has 1 heterocycles. The number of nitrogens with one attached hydrogen (secondary N) is 1. The third-order valence-electron chi connectivity index (χ3n) is 2.49. The molecule has 2 rings (SSSR count). The Kier molecular flexibility index (Phi) is 5.66. The molecule has 0 saturated heterocycles. The Balaban J connectivity index is 2.24. The van der Waals surface area contributed by atoms with Gasteiger partial charge in [0.05, 0.1) is 21.5 Å². The van der Waals surface area contributed by atoms with Gasteiger partial charge in [0.1, 0.15) is 0 Å². The van der Waals surface area contributed by atoms with Gasteiger partial charge < -0.3 is 10.4 Å². The molecule has 1 aromatic carbocycles. The molecule has 0 atom stereocenters. The van der Waals surface area contributed by atoms with Gasteiger partial charge in [0.15, 0.2) is 0 Å². The minimum Gasteiger partial charge on any atom is -0.395 e. The highest BCUT2D eigenvalue weighted by molar-refractivity contribution is 7.18. The normalized spacial score (nSPS) is 9.86. The zero-order valence-electron chi connectivity index (χ0n) is 10.8. The SMILES string of the molecule is O=C(Nc1cc(Cl)ccc1C#CCCO)c1ccc(Cl)s1. The number of hydrogen-bond donors (Lipinski definition) is 2. The molecule has 6 heteroatoms. The maximum atomic E-state index is 12.1. The van der Waals surface area contributed by atoms with Crippen molar-refractivity contribution in [3.05, 3.63) is 50.1 Å². The summed E-state index contributed by atoms with van der Waals surface area (Å²) in [5.41, 5.74) is 1.17. The smallest absolute Gasteiger partial charge is 0.265 e. The molecule has 0 fully saturated rings. The van der Waals surface area contributed by atoms with Gasteiger partial charge in [0.25, 0.3) is 5.91 Å². The molecule has 0 aliphatic heterocycles. The molecule has 0 aliphatic rings. The van der Waals surface area contributed by atoms with Gasteiger partial charge in [-0.2, -0.15) is 0 Å². The van der Waals surface area contributed by atoms with Crippen LogP contribution in [-0.4, -0.2) is 17.6 Å².